The number of alkyl halides is 9. The molecule has 32 heavy (non-hydrogen) atoms. The van der Waals surface area contributed by atoms with Gasteiger partial charge in [-0.3, -0.25) is 0 Å². The molecule has 0 fully saturated rings. The second-order valence-corrected chi connectivity index (χ2v) is 8.04. The molecule has 0 aliphatic heterocycles. The molecule has 1 aliphatic carbocycles. The first-order chi connectivity index (χ1) is 14.5. The molecule has 0 amide bonds. The van der Waals surface area contributed by atoms with Crippen LogP contribution < -0.4 is 0 Å². The van der Waals surface area contributed by atoms with Crippen molar-refractivity contribution < 1.29 is 39.5 Å². The molecule has 4 rings (SSSR count). The summed E-state index contributed by atoms with van der Waals surface area (Å²) < 4.78 is 124. The lowest BCUT2D eigenvalue weighted by atomic mass is 9.84. The van der Waals surface area contributed by atoms with E-state index in [1.54, 1.807) is 0 Å². The smallest absolute Gasteiger partial charge is 0.166 e. The predicted molar refractivity (Wildman–Crippen MR) is 102 cm³/mol. The van der Waals surface area contributed by atoms with Crippen molar-refractivity contribution in [3.8, 4) is 22.3 Å². The normalized spacial score (nSPS) is 13.8. The second kappa shape index (κ2) is 6.42. The summed E-state index contributed by atoms with van der Waals surface area (Å²) in [5.74, 6) is 0. The Morgan fingerprint density at radius 2 is 0.969 bits per heavy atom. The van der Waals surface area contributed by atoms with E-state index in [0.717, 1.165) is 19.9 Å². The van der Waals surface area contributed by atoms with Crippen molar-refractivity contribution in [1.29, 1.82) is 0 Å². The molecule has 170 valence electrons. The van der Waals surface area contributed by atoms with E-state index < -0.39 is 46.3 Å². The van der Waals surface area contributed by atoms with Crippen molar-refractivity contribution in [1.82, 2.24) is 0 Å². The van der Waals surface area contributed by atoms with Crippen molar-refractivity contribution >= 4 is 10.8 Å². The fraction of sp³-hybridized carbons (Fsp3) is 0.304. The highest BCUT2D eigenvalue weighted by molar-refractivity contribution is 6.19. The topological polar surface area (TPSA) is 0 Å². The first-order valence-electron chi connectivity index (χ1n) is 9.44. The number of halogens is 9. The maximum Gasteiger partial charge on any atom is 0.417 e. The van der Waals surface area contributed by atoms with Crippen LogP contribution in [-0.4, -0.2) is 0 Å². The fourth-order valence-corrected chi connectivity index (χ4v) is 4.97. The number of benzene rings is 3. The van der Waals surface area contributed by atoms with Gasteiger partial charge in [0.2, 0.25) is 0 Å². The summed E-state index contributed by atoms with van der Waals surface area (Å²) in [6.45, 7) is 4.73. The van der Waals surface area contributed by atoms with E-state index in [0.29, 0.717) is 5.56 Å². The minimum atomic E-state index is -5.31. The molecule has 0 aromatic heterocycles. The van der Waals surface area contributed by atoms with E-state index in [9.17, 15) is 39.5 Å². The Bertz CT molecular complexity index is 1250. The highest BCUT2D eigenvalue weighted by atomic mass is 19.4. The summed E-state index contributed by atoms with van der Waals surface area (Å²) in [5.41, 5.74) is -5.42. The molecule has 0 saturated heterocycles. The van der Waals surface area contributed by atoms with E-state index in [4.69, 9.17) is 0 Å². The van der Waals surface area contributed by atoms with Gasteiger partial charge in [-0.15, -0.1) is 0 Å². The van der Waals surface area contributed by atoms with E-state index in [2.05, 4.69) is 0 Å². The molecule has 0 spiro atoms. The molecule has 9 heteroatoms. The lowest BCUT2D eigenvalue weighted by Gasteiger charge is -2.24. The third-order valence-corrected chi connectivity index (χ3v) is 6.08. The van der Waals surface area contributed by atoms with Gasteiger partial charge in [-0.25, -0.2) is 0 Å². The molecule has 0 atom stereocenters. The lowest BCUT2D eigenvalue weighted by Crippen LogP contribution is -2.21. The molecule has 1 aliphatic rings. The van der Waals surface area contributed by atoms with E-state index >= 15 is 0 Å². The largest absolute Gasteiger partial charge is 0.417 e. The number of aryl methyl sites for hydroxylation is 2. The average molecular weight is 462 g/mol. The number of rotatable bonds is 0. The van der Waals surface area contributed by atoms with Gasteiger partial charge in [-0.05, 0) is 89.0 Å². The number of hydrogen-bond acceptors (Lipinski definition) is 0. The van der Waals surface area contributed by atoms with Gasteiger partial charge in [0, 0.05) is 0 Å². The molecule has 0 nitrogen and oxygen atoms in total. The van der Waals surface area contributed by atoms with Crippen LogP contribution in [-0.2, 0) is 18.5 Å². The van der Waals surface area contributed by atoms with Gasteiger partial charge >= 0.3 is 18.5 Å². The van der Waals surface area contributed by atoms with Gasteiger partial charge in [-0.1, -0.05) is 12.1 Å². The van der Waals surface area contributed by atoms with E-state index in [-0.39, 0.29) is 38.6 Å². The Morgan fingerprint density at radius 3 is 1.38 bits per heavy atom. The van der Waals surface area contributed by atoms with Crippen LogP contribution in [0.1, 0.15) is 38.9 Å². The Kier molecular flexibility index (Phi) is 4.51. The zero-order chi connectivity index (χ0) is 24.1. The molecule has 0 N–H and O–H groups in total. The summed E-state index contributed by atoms with van der Waals surface area (Å²) in [7, 11) is 0. The quantitative estimate of drug-likeness (QED) is 0.229. The summed E-state index contributed by atoms with van der Waals surface area (Å²) in [4.78, 5) is 0. The summed E-state index contributed by atoms with van der Waals surface area (Å²) in [6, 6.07) is 3.40. The number of hydrogen-bond donors (Lipinski definition) is 0. The van der Waals surface area contributed by atoms with Crippen molar-refractivity contribution in [2.45, 2.75) is 46.2 Å². The van der Waals surface area contributed by atoms with Gasteiger partial charge in [0.15, 0.2) is 0 Å². The Labute approximate surface area is 176 Å². The average Bonchev–Trinajstić information content (AvgIpc) is 2.98. The molecule has 0 bridgehead atoms. The summed E-state index contributed by atoms with van der Waals surface area (Å²) in [6.07, 6.45) is -15.4. The van der Waals surface area contributed by atoms with Gasteiger partial charge in [-0.2, -0.15) is 39.5 Å². The van der Waals surface area contributed by atoms with Crippen LogP contribution in [0.3, 0.4) is 0 Å². The van der Waals surface area contributed by atoms with Crippen LogP contribution in [0.2, 0.25) is 0 Å². The van der Waals surface area contributed by atoms with Gasteiger partial charge in [0.1, 0.15) is 0 Å². The van der Waals surface area contributed by atoms with Crippen LogP contribution in [0.25, 0.3) is 33.0 Å². The van der Waals surface area contributed by atoms with Gasteiger partial charge in [0.25, 0.3) is 0 Å². The van der Waals surface area contributed by atoms with Crippen LogP contribution in [0.15, 0.2) is 18.2 Å². The van der Waals surface area contributed by atoms with Crippen molar-refractivity contribution in [3.05, 3.63) is 57.1 Å². The second-order valence-electron chi connectivity index (χ2n) is 8.04. The van der Waals surface area contributed by atoms with E-state index in [1.807, 2.05) is 0 Å². The Morgan fingerprint density at radius 1 is 0.531 bits per heavy atom. The number of fused-ring (bicyclic) bond motifs is 3. The maximum atomic E-state index is 13.9. The molecular weight excluding hydrogens is 447 g/mol. The summed E-state index contributed by atoms with van der Waals surface area (Å²) >= 11 is 0. The first kappa shape index (κ1) is 22.5. The third kappa shape index (κ3) is 2.93. The monoisotopic (exact) mass is 462 g/mol. The molecule has 0 radical (unpaired) electrons. The SMILES string of the molecule is Cc1ccc2c(C(F)(F)F)cc(C)c3c2c1-c1c(C)c(C(F)(F)F)c(C(F)(F)F)c(C)c1-3. The maximum absolute atomic E-state index is 13.9. The minimum absolute atomic E-state index is 0.0333. The summed E-state index contributed by atoms with van der Waals surface area (Å²) in [5, 5.41) is -0.221. The fourth-order valence-electron chi connectivity index (χ4n) is 4.97. The zero-order valence-corrected chi connectivity index (χ0v) is 17.1. The Balaban J connectivity index is 2.33. The Hall–Kier alpha value is -2.71. The molecule has 3 aromatic rings. The lowest BCUT2D eigenvalue weighted by molar-refractivity contribution is -0.162. The highest BCUT2D eigenvalue weighted by Crippen LogP contribution is 2.58. The molecular formula is C23H15F9. The van der Waals surface area contributed by atoms with Crippen LogP contribution in [0.5, 0.6) is 0 Å². The molecule has 0 heterocycles. The zero-order valence-electron chi connectivity index (χ0n) is 17.1. The van der Waals surface area contributed by atoms with Gasteiger partial charge in [0.05, 0.1) is 16.7 Å². The van der Waals surface area contributed by atoms with Crippen LogP contribution in [0, 0.1) is 27.7 Å². The first-order valence-corrected chi connectivity index (χ1v) is 9.44. The minimum Gasteiger partial charge on any atom is -0.166 e. The third-order valence-electron chi connectivity index (χ3n) is 6.08. The van der Waals surface area contributed by atoms with Gasteiger partial charge < -0.3 is 0 Å². The highest BCUT2D eigenvalue weighted by Gasteiger charge is 2.48. The van der Waals surface area contributed by atoms with Crippen molar-refractivity contribution in [2.75, 3.05) is 0 Å². The van der Waals surface area contributed by atoms with E-state index in [1.165, 1.54) is 26.0 Å². The molecule has 0 unspecified atom stereocenters. The van der Waals surface area contributed by atoms with Crippen LogP contribution >= 0.6 is 0 Å². The van der Waals surface area contributed by atoms with Crippen LogP contribution in [0.4, 0.5) is 39.5 Å². The van der Waals surface area contributed by atoms with Crippen molar-refractivity contribution in [2.24, 2.45) is 0 Å². The predicted octanol–water partition coefficient (Wildman–Crippen LogP) is 8.78. The molecule has 0 saturated carbocycles. The molecule has 3 aromatic carbocycles. The van der Waals surface area contributed by atoms with Crippen molar-refractivity contribution in [3.63, 3.8) is 0 Å². The standard InChI is InChI=1S/C23H15F9/c1-8-5-6-12-13(21(24,25)26)7-9(2)15-17-11(4)20(23(30,31)32)19(22(27,28)29)10(3)16(17)14(8)18(12)15/h5-7H,1-4H3.